The van der Waals surface area contributed by atoms with Crippen LogP contribution in [0.15, 0.2) is 40.4 Å². The van der Waals surface area contributed by atoms with E-state index in [1.807, 2.05) is 65.0 Å². The molecule has 150 valence electrons. The first kappa shape index (κ1) is 21.9. The Morgan fingerprint density at radius 3 is 2.21 bits per heavy atom. The van der Waals surface area contributed by atoms with E-state index in [9.17, 15) is 9.59 Å². The predicted octanol–water partition coefficient (Wildman–Crippen LogP) is 4.13. The largest absolute Gasteiger partial charge is 0.356 e. The fourth-order valence-electron chi connectivity index (χ4n) is 2.39. The highest BCUT2D eigenvalue weighted by Gasteiger charge is 2.20. The van der Waals surface area contributed by atoms with Crippen LogP contribution < -0.4 is 10.6 Å². The molecule has 1 aromatic heterocycles. The van der Waals surface area contributed by atoms with Gasteiger partial charge in [-0.15, -0.1) is 0 Å². The van der Waals surface area contributed by atoms with E-state index in [0.29, 0.717) is 24.5 Å². The molecule has 1 heterocycles. The zero-order valence-electron chi connectivity index (χ0n) is 17.1. The van der Waals surface area contributed by atoms with Gasteiger partial charge >= 0.3 is 0 Å². The third-order valence-corrected chi connectivity index (χ3v) is 4.73. The molecule has 2 rings (SSSR count). The summed E-state index contributed by atoms with van der Waals surface area (Å²) in [5.74, 6) is -0.0724. The summed E-state index contributed by atoms with van der Waals surface area (Å²) in [5, 5.41) is 6.44. The Bertz CT molecular complexity index is 809. The second kappa shape index (κ2) is 9.68. The van der Waals surface area contributed by atoms with Crippen LogP contribution in [0.1, 0.15) is 45.0 Å². The van der Waals surface area contributed by atoms with E-state index in [1.165, 1.54) is 11.8 Å². The van der Waals surface area contributed by atoms with Crippen molar-refractivity contribution in [3.63, 3.8) is 0 Å². The van der Waals surface area contributed by atoms with Gasteiger partial charge in [-0.2, -0.15) is 0 Å². The van der Waals surface area contributed by atoms with Gasteiger partial charge in [0.2, 0.25) is 11.8 Å². The summed E-state index contributed by atoms with van der Waals surface area (Å²) in [4.78, 5) is 33.7. The zero-order chi connectivity index (χ0) is 20.7. The topological polar surface area (TPSA) is 84.0 Å². The molecule has 1 aromatic carbocycles. The van der Waals surface area contributed by atoms with Crippen molar-refractivity contribution < 1.29 is 9.59 Å². The average Bonchev–Trinajstić information content (AvgIpc) is 2.58. The second-order valence-electron chi connectivity index (χ2n) is 7.72. The maximum atomic E-state index is 12.1. The van der Waals surface area contributed by atoms with Gasteiger partial charge in [0.05, 0.1) is 0 Å². The van der Waals surface area contributed by atoms with Gasteiger partial charge in [-0.1, -0.05) is 20.8 Å². The number of nitrogens with zero attached hydrogens (tertiary/aromatic N) is 2. The van der Waals surface area contributed by atoms with Crippen LogP contribution in [0.25, 0.3) is 0 Å². The van der Waals surface area contributed by atoms with Gasteiger partial charge in [0.1, 0.15) is 0 Å². The van der Waals surface area contributed by atoms with E-state index in [2.05, 4.69) is 20.6 Å². The van der Waals surface area contributed by atoms with Gasteiger partial charge in [0, 0.05) is 40.4 Å². The molecule has 0 atom stereocenters. The summed E-state index contributed by atoms with van der Waals surface area (Å²) >= 11 is 1.49. The minimum Gasteiger partial charge on any atom is -0.356 e. The van der Waals surface area contributed by atoms with Gasteiger partial charge in [-0.05, 0) is 62.4 Å². The molecule has 0 aliphatic heterocycles. The van der Waals surface area contributed by atoms with Crippen LogP contribution in [-0.4, -0.2) is 28.3 Å². The Morgan fingerprint density at radius 2 is 1.64 bits per heavy atom. The zero-order valence-corrected chi connectivity index (χ0v) is 17.9. The quantitative estimate of drug-likeness (QED) is 0.539. The molecule has 0 saturated heterocycles. The maximum Gasteiger partial charge on any atom is 0.225 e. The number of benzene rings is 1. The molecule has 0 spiro atoms. The van der Waals surface area contributed by atoms with E-state index in [4.69, 9.17) is 0 Å². The number of carbonyl (C=O) groups excluding carboxylic acids is 2. The fourth-order valence-corrected chi connectivity index (χ4v) is 3.25. The van der Waals surface area contributed by atoms with Gasteiger partial charge in [-0.25, -0.2) is 9.97 Å². The number of amides is 2. The molecule has 28 heavy (non-hydrogen) atoms. The smallest absolute Gasteiger partial charge is 0.225 e. The summed E-state index contributed by atoms with van der Waals surface area (Å²) in [6, 6.07) is 9.54. The molecule has 0 aliphatic rings. The number of carbonyl (C=O) groups is 2. The molecular weight excluding hydrogens is 372 g/mol. The number of aromatic nitrogens is 2. The van der Waals surface area contributed by atoms with Crippen molar-refractivity contribution >= 4 is 29.3 Å². The Kier molecular flexibility index (Phi) is 7.57. The molecule has 0 saturated carbocycles. The summed E-state index contributed by atoms with van der Waals surface area (Å²) in [6.07, 6.45) is 0.961. The first-order chi connectivity index (χ1) is 13.1. The standard InChI is InChI=1S/C21H28N4O2S/c1-14-13-15(2)24-20(23-14)28-17-10-8-16(9-11-17)25-18(26)7-6-12-22-19(27)21(3,4)5/h8-11,13H,6-7,12H2,1-5H3,(H,22,27)(H,25,26). The first-order valence-corrected chi connectivity index (χ1v) is 10.1. The average molecular weight is 401 g/mol. The lowest BCUT2D eigenvalue weighted by Crippen LogP contribution is -2.35. The van der Waals surface area contributed by atoms with E-state index < -0.39 is 5.41 Å². The van der Waals surface area contributed by atoms with Crippen LogP contribution >= 0.6 is 11.8 Å². The fraction of sp³-hybridized carbons (Fsp3) is 0.429. The number of hydrogen-bond donors (Lipinski definition) is 2. The van der Waals surface area contributed by atoms with Crippen molar-refractivity contribution in [2.45, 2.75) is 57.5 Å². The normalized spacial score (nSPS) is 11.2. The lowest BCUT2D eigenvalue weighted by atomic mass is 9.96. The molecule has 6 nitrogen and oxygen atoms in total. The number of anilines is 1. The lowest BCUT2D eigenvalue weighted by Gasteiger charge is -2.17. The number of rotatable bonds is 7. The van der Waals surface area contributed by atoms with E-state index in [0.717, 1.165) is 22.0 Å². The van der Waals surface area contributed by atoms with Crippen molar-refractivity contribution in [3.8, 4) is 0 Å². The summed E-state index contributed by atoms with van der Waals surface area (Å²) in [6.45, 7) is 9.99. The molecule has 2 aromatic rings. The highest BCUT2D eigenvalue weighted by molar-refractivity contribution is 7.99. The lowest BCUT2D eigenvalue weighted by molar-refractivity contribution is -0.128. The molecule has 0 unspecified atom stereocenters. The number of nitrogens with one attached hydrogen (secondary N) is 2. The van der Waals surface area contributed by atoms with Crippen molar-refractivity contribution in [1.82, 2.24) is 15.3 Å². The highest BCUT2D eigenvalue weighted by atomic mass is 32.2. The number of hydrogen-bond acceptors (Lipinski definition) is 5. The molecule has 0 fully saturated rings. The monoisotopic (exact) mass is 400 g/mol. The highest BCUT2D eigenvalue weighted by Crippen LogP contribution is 2.26. The minimum atomic E-state index is -0.413. The van der Waals surface area contributed by atoms with Crippen LogP contribution in [-0.2, 0) is 9.59 Å². The van der Waals surface area contributed by atoms with Crippen LogP contribution in [0.3, 0.4) is 0 Å². The SMILES string of the molecule is Cc1cc(C)nc(Sc2ccc(NC(=O)CCCNC(=O)C(C)(C)C)cc2)n1. The third-order valence-electron chi connectivity index (χ3n) is 3.86. The molecule has 0 radical (unpaired) electrons. The molecule has 2 N–H and O–H groups in total. The van der Waals surface area contributed by atoms with Crippen molar-refractivity contribution in [2.75, 3.05) is 11.9 Å². The van der Waals surface area contributed by atoms with Gasteiger partial charge in [0.15, 0.2) is 5.16 Å². The molecule has 0 aliphatic carbocycles. The second-order valence-corrected chi connectivity index (χ2v) is 8.76. The Balaban J connectivity index is 1.78. The Morgan fingerprint density at radius 1 is 1.04 bits per heavy atom. The first-order valence-electron chi connectivity index (χ1n) is 9.32. The van der Waals surface area contributed by atoms with E-state index in [-0.39, 0.29) is 11.8 Å². The summed E-state index contributed by atoms with van der Waals surface area (Å²) in [7, 11) is 0. The van der Waals surface area contributed by atoms with Crippen LogP contribution in [0.4, 0.5) is 5.69 Å². The van der Waals surface area contributed by atoms with Crippen LogP contribution in [0, 0.1) is 19.3 Å². The Labute approximate surface area is 170 Å². The van der Waals surface area contributed by atoms with Gasteiger partial charge < -0.3 is 10.6 Å². The van der Waals surface area contributed by atoms with Crippen LogP contribution in [0.5, 0.6) is 0 Å². The minimum absolute atomic E-state index is 0.00576. The summed E-state index contributed by atoms with van der Waals surface area (Å²) in [5.41, 5.74) is 2.22. The van der Waals surface area contributed by atoms with E-state index in [1.54, 1.807) is 0 Å². The molecular formula is C21H28N4O2S. The van der Waals surface area contributed by atoms with Crippen molar-refractivity contribution in [2.24, 2.45) is 5.41 Å². The molecule has 2 amide bonds. The number of aryl methyl sites for hydroxylation is 2. The molecule has 7 heteroatoms. The maximum absolute atomic E-state index is 12.1. The van der Waals surface area contributed by atoms with Crippen molar-refractivity contribution in [1.29, 1.82) is 0 Å². The van der Waals surface area contributed by atoms with Crippen LogP contribution in [0.2, 0.25) is 0 Å². The Hall–Kier alpha value is -2.41. The summed E-state index contributed by atoms with van der Waals surface area (Å²) < 4.78 is 0. The van der Waals surface area contributed by atoms with Crippen molar-refractivity contribution in [3.05, 3.63) is 41.7 Å². The molecule has 0 bridgehead atoms. The van der Waals surface area contributed by atoms with Gasteiger partial charge in [-0.3, -0.25) is 9.59 Å². The predicted molar refractivity (Wildman–Crippen MR) is 112 cm³/mol. The van der Waals surface area contributed by atoms with Gasteiger partial charge in [0.25, 0.3) is 0 Å². The third kappa shape index (κ3) is 7.31. The van der Waals surface area contributed by atoms with E-state index >= 15 is 0 Å².